The molecule has 2 heterocycles. The summed E-state index contributed by atoms with van der Waals surface area (Å²) < 4.78 is 44.9. The summed E-state index contributed by atoms with van der Waals surface area (Å²) in [6.07, 6.45) is -2.77. The summed E-state index contributed by atoms with van der Waals surface area (Å²) >= 11 is 0. The molecule has 2 atom stereocenters. The molecule has 2 aromatic rings. The van der Waals surface area contributed by atoms with Crippen LogP contribution >= 0.6 is 0 Å². The molecule has 1 aromatic carbocycles. The van der Waals surface area contributed by atoms with E-state index in [1.807, 2.05) is 6.92 Å². The Hall–Kier alpha value is -3.63. The van der Waals surface area contributed by atoms with Gasteiger partial charge in [0, 0.05) is 6.54 Å². The number of likely N-dealkylation sites (tertiary alicyclic amines) is 1. The fourth-order valence-corrected chi connectivity index (χ4v) is 4.14. The quantitative estimate of drug-likeness (QED) is 0.506. The summed E-state index contributed by atoms with van der Waals surface area (Å²) in [6.45, 7) is 9.00. The van der Waals surface area contributed by atoms with Crippen LogP contribution in [0.2, 0.25) is 0 Å². The van der Waals surface area contributed by atoms with Gasteiger partial charge in [-0.25, -0.2) is 9.78 Å². The van der Waals surface area contributed by atoms with Crippen LogP contribution in [0.4, 0.5) is 29.5 Å². The summed E-state index contributed by atoms with van der Waals surface area (Å²) in [5.74, 6) is -1.46. The standard InChI is InChI=1S/C26H31F3N4O4/c1-15-9-10-20(17-7-6-8-18(12-17)26(27,28)29)33(14-15)23(35)22(34)31-19-11-16(2)21(30-13-19)32-24(36)37-25(3,4)5/h6-8,11-13,15,20H,9-10,14H2,1-5H3,(H,31,34)(H,30,32,36)/t15-,20+/m1/s1. The number of ether oxygens (including phenoxy) is 1. The van der Waals surface area contributed by atoms with Crippen molar-refractivity contribution in [2.24, 2.45) is 5.92 Å². The van der Waals surface area contributed by atoms with Crippen LogP contribution in [-0.4, -0.2) is 39.9 Å². The molecule has 0 aliphatic carbocycles. The molecule has 8 nitrogen and oxygen atoms in total. The number of carbonyl (C=O) groups excluding carboxylic acids is 3. The Labute approximate surface area is 213 Å². The predicted molar refractivity (Wildman–Crippen MR) is 132 cm³/mol. The van der Waals surface area contributed by atoms with Crippen molar-refractivity contribution in [3.05, 3.63) is 53.2 Å². The lowest BCUT2D eigenvalue weighted by Crippen LogP contribution is -2.46. The SMILES string of the molecule is Cc1cc(NC(=O)C(=O)N2C[C@H](C)CC[C@H]2c2cccc(C(F)(F)F)c2)cnc1NC(=O)OC(C)(C)C. The van der Waals surface area contributed by atoms with Gasteiger partial charge in [-0.15, -0.1) is 0 Å². The van der Waals surface area contributed by atoms with E-state index >= 15 is 0 Å². The van der Waals surface area contributed by atoms with Crippen LogP contribution in [0.25, 0.3) is 0 Å². The van der Waals surface area contributed by atoms with Gasteiger partial charge in [-0.3, -0.25) is 14.9 Å². The van der Waals surface area contributed by atoms with Crippen molar-refractivity contribution < 1.29 is 32.3 Å². The van der Waals surface area contributed by atoms with Gasteiger partial charge >= 0.3 is 24.1 Å². The fraction of sp³-hybridized carbons (Fsp3) is 0.462. The fourth-order valence-electron chi connectivity index (χ4n) is 4.14. The molecule has 1 aromatic heterocycles. The topological polar surface area (TPSA) is 101 Å². The van der Waals surface area contributed by atoms with Gasteiger partial charge in [0.2, 0.25) is 0 Å². The third-order valence-electron chi connectivity index (χ3n) is 5.83. The highest BCUT2D eigenvalue weighted by Crippen LogP contribution is 2.37. The second-order valence-corrected chi connectivity index (χ2v) is 10.2. The number of benzene rings is 1. The van der Waals surface area contributed by atoms with E-state index in [0.717, 1.165) is 12.1 Å². The summed E-state index contributed by atoms with van der Waals surface area (Å²) in [6, 6.07) is 5.73. The van der Waals surface area contributed by atoms with Gasteiger partial charge < -0.3 is 15.0 Å². The minimum absolute atomic E-state index is 0.0842. The average Bonchev–Trinajstić information content (AvgIpc) is 2.78. The Morgan fingerprint density at radius 3 is 2.41 bits per heavy atom. The van der Waals surface area contributed by atoms with Gasteiger partial charge in [0.25, 0.3) is 0 Å². The number of aryl methyl sites for hydroxylation is 1. The molecule has 11 heteroatoms. The molecule has 1 aliphatic heterocycles. The highest BCUT2D eigenvalue weighted by Gasteiger charge is 2.36. The predicted octanol–water partition coefficient (Wildman–Crippen LogP) is 5.69. The summed E-state index contributed by atoms with van der Waals surface area (Å²) in [7, 11) is 0. The van der Waals surface area contributed by atoms with Crippen LogP contribution in [0.5, 0.6) is 0 Å². The molecule has 0 spiro atoms. The van der Waals surface area contributed by atoms with Crippen LogP contribution in [-0.2, 0) is 20.5 Å². The molecule has 2 N–H and O–H groups in total. The zero-order valence-corrected chi connectivity index (χ0v) is 21.4. The van der Waals surface area contributed by atoms with E-state index in [1.165, 1.54) is 29.3 Å². The minimum atomic E-state index is -4.51. The first-order chi connectivity index (χ1) is 17.1. The molecule has 0 unspecified atom stereocenters. The van der Waals surface area contributed by atoms with Gasteiger partial charge in [-0.1, -0.05) is 19.1 Å². The molecule has 37 heavy (non-hydrogen) atoms. The van der Waals surface area contributed by atoms with E-state index in [0.29, 0.717) is 24.0 Å². The van der Waals surface area contributed by atoms with Crippen LogP contribution in [0.15, 0.2) is 36.5 Å². The Morgan fingerprint density at radius 1 is 1.08 bits per heavy atom. The zero-order valence-electron chi connectivity index (χ0n) is 21.4. The molecule has 200 valence electrons. The van der Waals surface area contributed by atoms with Crippen molar-refractivity contribution in [2.45, 2.75) is 65.3 Å². The molecule has 1 fully saturated rings. The number of alkyl halides is 3. The maximum absolute atomic E-state index is 13.2. The maximum atomic E-state index is 13.2. The van der Waals surface area contributed by atoms with Crippen molar-refractivity contribution in [1.29, 1.82) is 0 Å². The lowest BCUT2D eigenvalue weighted by atomic mass is 9.89. The molecule has 1 aliphatic rings. The first-order valence-electron chi connectivity index (χ1n) is 11.9. The van der Waals surface area contributed by atoms with E-state index in [9.17, 15) is 27.6 Å². The highest BCUT2D eigenvalue weighted by atomic mass is 19.4. The molecular weight excluding hydrogens is 489 g/mol. The Morgan fingerprint density at radius 2 is 1.78 bits per heavy atom. The second-order valence-electron chi connectivity index (χ2n) is 10.2. The maximum Gasteiger partial charge on any atom is 0.416 e. The van der Waals surface area contributed by atoms with E-state index in [-0.39, 0.29) is 24.0 Å². The van der Waals surface area contributed by atoms with E-state index < -0.39 is 41.3 Å². The second kappa shape index (κ2) is 10.8. The average molecular weight is 521 g/mol. The number of aromatic nitrogens is 1. The summed E-state index contributed by atoms with van der Waals surface area (Å²) in [5.41, 5.74) is -0.416. The Kier molecular flexibility index (Phi) is 8.14. The summed E-state index contributed by atoms with van der Waals surface area (Å²) in [4.78, 5) is 43.4. The van der Waals surface area contributed by atoms with Crippen molar-refractivity contribution in [3.8, 4) is 0 Å². The number of nitrogens with zero attached hydrogens (tertiary/aromatic N) is 2. The number of hydrogen-bond donors (Lipinski definition) is 2. The third kappa shape index (κ3) is 7.43. The first-order valence-corrected chi connectivity index (χ1v) is 11.9. The van der Waals surface area contributed by atoms with Crippen molar-refractivity contribution in [3.63, 3.8) is 0 Å². The number of amides is 3. The Bertz CT molecular complexity index is 1180. The van der Waals surface area contributed by atoms with Crippen LogP contribution < -0.4 is 10.6 Å². The highest BCUT2D eigenvalue weighted by molar-refractivity contribution is 6.39. The van der Waals surface area contributed by atoms with Gasteiger partial charge in [0.1, 0.15) is 11.4 Å². The normalized spacial score (nSPS) is 18.2. The zero-order chi connectivity index (χ0) is 27.5. The van der Waals surface area contributed by atoms with Gasteiger partial charge in [0.05, 0.1) is 23.5 Å². The number of carbonyl (C=O) groups is 3. The third-order valence-corrected chi connectivity index (χ3v) is 5.83. The van der Waals surface area contributed by atoms with Gasteiger partial charge in [-0.05, 0) is 75.8 Å². The largest absolute Gasteiger partial charge is 0.444 e. The van der Waals surface area contributed by atoms with Crippen LogP contribution in [0, 0.1) is 12.8 Å². The lowest BCUT2D eigenvalue weighted by molar-refractivity contribution is -0.146. The molecule has 3 amide bonds. The van der Waals surface area contributed by atoms with Crippen molar-refractivity contribution in [1.82, 2.24) is 9.88 Å². The number of hydrogen-bond acceptors (Lipinski definition) is 5. The van der Waals surface area contributed by atoms with Crippen molar-refractivity contribution >= 4 is 29.4 Å². The number of anilines is 2. The number of halogens is 3. The van der Waals surface area contributed by atoms with E-state index in [4.69, 9.17) is 4.74 Å². The smallest absolute Gasteiger partial charge is 0.416 e. The minimum Gasteiger partial charge on any atom is -0.444 e. The Balaban J connectivity index is 1.74. The number of rotatable bonds is 3. The van der Waals surface area contributed by atoms with Crippen LogP contribution in [0.3, 0.4) is 0 Å². The lowest BCUT2D eigenvalue weighted by Gasteiger charge is -2.38. The number of nitrogens with one attached hydrogen (secondary N) is 2. The van der Waals surface area contributed by atoms with E-state index in [2.05, 4.69) is 15.6 Å². The number of pyridine rings is 1. The first kappa shape index (κ1) is 27.9. The molecule has 1 saturated heterocycles. The molecule has 0 saturated carbocycles. The number of piperidine rings is 1. The van der Waals surface area contributed by atoms with E-state index in [1.54, 1.807) is 27.7 Å². The van der Waals surface area contributed by atoms with Gasteiger partial charge in [0.15, 0.2) is 0 Å². The summed E-state index contributed by atoms with van der Waals surface area (Å²) in [5, 5.41) is 5.03. The monoisotopic (exact) mass is 520 g/mol. The molecular formula is C26H31F3N4O4. The molecule has 0 radical (unpaired) electrons. The van der Waals surface area contributed by atoms with Crippen molar-refractivity contribution in [2.75, 3.05) is 17.2 Å². The molecule has 3 rings (SSSR count). The molecule has 0 bridgehead atoms. The van der Waals surface area contributed by atoms with Gasteiger partial charge in [-0.2, -0.15) is 13.2 Å². The van der Waals surface area contributed by atoms with Crippen LogP contribution in [0.1, 0.15) is 63.3 Å².